The molecule has 126 valence electrons. The molecule has 3 rings (SSSR count). The molecule has 1 atom stereocenters. The summed E-state index contributed by atoms with van der Waals surface area (Å²) in [6.45, 7) is 2.42. The van der Waals surface area contributed by atoms with Gasteiger partial charge in [-0.25, -0.2) is 19.2 Å². The summed E-state index contributed by atoms with van der Waals surface area (Å²) < 4.78 is 18.6. The molecule has 0 aliphatic heterocycles. The Morgan fingerprint density at radius 3 is 2.75 bits per heavy atom. The van der Waals surface area contributed by atoms with Crippen molar-refractivity contribution in [3.8, 4) is 5.75 Å². The van der Waals surface area contributed by atoms with Crippen molar-refractivity contribution in [2.45, 2.75) is 19.9 Å². The van der Waals surface area contributed by atoms with Crippen molar-refractivity contribution in [2.24, 2.45) is 0 Å². The molecule has 0 fully saturated rings. The van der Waals surface area contributed by atoms with Gasteiger partial charge in [-0.05, 0) is 28.1 Å². The van der Waals surface area contributed by atoms with Crippen LogP contribution in [0.3, 0.4) is 0 Å². The molecule has 0 bridgehead atoms. The Labute approximate surface area is 149 Å². The van der Waals surface area contributed by atoms with E-state index < -0.39 is 11.1 Å². The molecule has 24 heavy (non-hydrogen) atoms. The van der Waals surface area contributed by atoms with Crippen molar-refractivity contribution in [2.75, 3.05) is 12.0 Å². The second-order valence-corrected chi connectivity index (χ2v) is 6.67. The minimum absolute atomic E-state index is 0.360. The van der Waals surface area contributed by atoms with Crippen LogP contribution in [0, 0.1) is 0 Å². The molecule has 10 heteroatoms. The molecule has 0 saturated carbocycles. The van der Waals surface area contributed by atoms with Crippen molar-refractivity contribution in [3.05, 3.63) is 34.6 Å². The lowest BCUT2D eigenvalue weighted by Gasteiger charge is -2.07. The summed E-state index contributed by atoms with van der Waals surface area (Å²) in [4.78, 5) is 17.4. The molecule has 0 spiro atoms. The van der Waals surface area contributed by atoms with Crippen LogP contribution < -0.4 is 9.92 Å². The van der Waals surface area contributed by atoms with Gasteiger partial charge in [-0.3, -0.25) is 9.55 Å². The zero-order valence-electron chi connectivity index (χ0n) is 13.1. The number of halogens is 1. The van der Waals surface area contributed by atoms with Gasteiger partial charge in [-0.2, -0.15) is 0 Å². The second kappa shape index (κ2) is 6.81. The molecular weight excluding hydrogens is 396 g/mol. The summed E-state index contributed by atoms with van der Waals surface area (Å²) in [6.07, 6.45) is 3.67. The minimum Gasteiger partial charge on any atom is -0.399 e. The van der Waals surface area contributed by atoms with Crippen LogP contribution >= 0.6 is 15.9 Å². The highest BCUT2D eigenvalue weighted by Crippen LogP contribution is 2.23. The Bertz CT molecular complexity index is 912. The molecule has 0 amide bonds. The van der Waals surface area contributed by atoms with Crippen LogP contribution in [0.5, 0.6) is 5.75 Å². The zero-order chi connectivity index (χ0) is 17.3. The number of rotatable bonds is 5. The molecule has 0 aliphatic rings. The zero-order valence-corrected chi connectivity index (χ0v) is 15.5. The van der Waals surface area contributed by atoms with E-state index in [0.717, 1.165) is 5.69 Å². The van der Waals surface area contributed by atoms with Crippen LogP contribution in [0.15, 0.2) is 23.1 Å². The fraction of sp³-hybridized carbons (Fsp3) is 0.286. The molecule has 2 N–H and O–H groups in total. The summed E-state index contributed by atoms with van der Waals surface area (Å²) in [6, 6.07) is 3.52. The van der Waals surface area contributed by atoms with Crippen LogP contribution in [0.25, 0.3) is 11.2 Å². The molecule has 0 aliphatic carbocycles. The molecule has 3 heterocycles. The van der Waals surface area contributed by atoms with Crippen molar-refractivity contribution in [1.29, 1.82) is 0 Å². The highest BCUT2D eigenvalue weighted by Gasteiger charge is 2.15. The van der Waals surface area contributed by atoms with E-state index in [9.17, 15) is 4.21 Å². The van der Waals surface area contributed by atoms with E-state index in [1.54, 1.807) is 12.1 Å². The average molecular weight is 411 g/mol. The van der Waals surface area contributed by atoms with E-state index in [2.05, 4.69) is 35.9 Å². The van der Waals surface area contributed by atoms with Gasteiger partial charge in [0, 0.05) is 12.7 Å². The SMILES string of the molecule is CCc1nc(N)c2nc(Br)n(Cc3ccc(OS(C)=O)cn3)c2n1. The second-order valence-electron chi connectivity index (χ2n) is 4.99. The fourth-order valence-electron chi connectivity index (χ4n) is 2.19. The van der Waals surface area contributed by atoms with Crippen LogP contribution in [0.1, 0.15) is 18.4 Å². The molecule has 3 aromatic rings. The standard InChI is InChI=1S/C14H15BrN6O2S/c1-3-10-18-12(16)11-13(19-10)21(14(15)20-11)7-8-4-5-9(6-17-8)23-24(2)22/h4-6H,3,7H2,1-2H3,(H2,16,18,19). The summed E-state index contributed by atoms with van der Waals surface area (Å²) in [7, 11) is 0. The highest BCUT2D eigenvalue weighted by molar-refractivity contribution is 9.10. The maximum atomic E-state index is 11.1. The Balaban J connectivity index is 1.96. The Hall–Kier alpha value is -2.07. The molecule has 8 nitrogen and oxygen atoms in total. The quantitative estimate of drug-likeness (QED) is 0.638. The van der Waals surface area contributed by atoms with Crippen LogP contribution in [-0.2, 0) is 24.0 Å². The average Bonchev–Trinajstić information content (AvgIpc) is 2.85. The molecule has 0 saturated heterocycles. The summed E-state index contributed by atoms with van der Waals surface area (Å²) >= 11 is 2.05. The van der Waals surface area contributed by atoms with Gasteiger partial charge in [0.05, 0.1) is 18.4 Å². The number of aromatic nitrogens is 5. The minimum atomic E-state index is -1.38. The molecule has 1 unspecified atom stereocenters. The van der Waals surface area contributed by atoms with Gasteiger partial charge in [0.2, 0.25) is 11.1 Å². The number of imidazole rings is 1. The van der Waals surface area contributed by atoms with Gasteiger partial charge in [-0.1, -0.05) is 6.92 Å². The van der Waals surface area contributed by atoms with Crippen LogP contribution in [-0.4, -0.2) is 35.0 Å². The van der Waals surface area contributed by atoms with Crippen LogP contribution in [0.2, 0.25) is 0 Å². The predicted molar refractivity (Wildman–Crippen MR) is 94.8 cm³/mol. The lowest BCUT2D eigenvalue weighted by Crippen LogP contribution is -2.06. The Morgan fingerprint density at radius 2 is 2.12 bits per heavy atom. The lowest BCUT2D eigenvalue weighted by molar-refractivity contribution is 0.565. The van der Waals surface area contributed by atoms with Crippen molar-refractivity contribution < 1.29 is 8.39 Å². The van der Waals surface area contributed by atoms with Gasteiger partial charge >= 0.3 is 0 Å². The largest absolute Gasteiger partial charge is 0.399 e. The highest BCUT2D eigenvalue weighted by atomic mass is 79.9. The first kappa shape index (κ1) is 16.8. The summed E-state index contributed by atoms with van der Waals surface area (Å²) in [5.41, 5.74) is 7.95. The first-order valence-electron chi connectivity index (χ1n) is 7.12. The van der Waals surface area contributed by atoms with Crippen LogP contribution in [0.4, 0.5) is 5.82 Å². The number of nitrogens with two attached hydrogens (primary N) is 1. The number of aryl methyl sites for hydroxylation is 1. The Morgan fingerprint density at radius 1 is 1.33 bits per heavy atom. The van der Waals surface area contributed by atoms with Gasteiger partial charge in [0.25, 0.3) is 0 Å². The maximum absolute atomic E-state index is 11.1. The molecular formula is C14H15BrN6O2S. The monoisotopic (exact) mass is 410 g/mol. The van der Waals surface area contributed by atoms with Gasteiger partial charge in [-0.15, -0.1) is 0 Å². The van der Waals surface area contributed by atoms with Gasteiger partial charge in [0.15, 0.2) is 27.5 Å². The maximum Gasteiger partial charge on any atom is 0.203 e. The van der Waals surface area contributed by atoms with E-state index in [4.69, 9.17) is 9.92 Å². The van der Waals surface area contributed by atoms with Gasteiger partial charge in [0.1, 0.15) is 5.82 Å². The third-order valence-electron chi connectivity index (χ3n) is 3.27. The van der Waals surface area contributed by atoms with E-state index in [0.29, 0.717) is 46.3 Å². The summed E-state index contributed by atoms with van der Waals surface area (Å²) in [5, 5.41) is 0. The van der Waals surface area contributed by atoms with Crippen molar-refractivity contribution in [3.63, 3.8) is 0 Å². The van der Waals surface area contributed by atoms with Gasteiger partial charge < -0.3 is 9.92 Å². The third kappa shape index (κ3) is 3.39. The van der Waals surface area contributed by atoms with E-state index >= 15 is 0 Å². The summed E-state index contributed by atoms with van der Waals surface area (Å²) in [5.74, 6) is 1.48. The first-order valence-corrected chi connectivity index (χ1v) is 9.40. The topological polar surface area (TPSA) is 109 Å². The number of fused-ring (bicyclic) bond motifs is 1. The van der Waals surface area contributed by atoms with E-state index in [1.165, 1.54) is 12.5 Å². The van der Waals surface area contributed by atoms with E-state index in [-0.39, 0.29) is 0 Å². The van der Waals surface area contributed by atoms with Crippen molar-refractivity contribution >= 4 is 44.0 Å². The first-order chi connectivity index (χ1) is 11.5. The normalized spacial score (nSPS) is 12.5. The molecule has 0 aromatic carbocycles. The number of pyridine rings is 1. The number of anilines is 1. The number of nitrogens with zero attached hydrogens (tertiary/aromatic N) is 5. The lowest BCUT2D eigenvalue weighted by atomic mass is 10.3. The predicted octanol–water partition coefficient (Wildman–Crippen LogP) is 1.85. The number of nitrogen functional groups attached to an aromatic ring is 1. The smallest absolute Gasteiger partial charge is 0.203 e. The third-order valence-corrected chi connectivity index (χ3v) is 4.30. The number of hydrogen-bond donors (Lipinski definition) is 1. The van der Waals surface area contributed by atoms with Crippen molar-refractivity contribution in [1.82, 2.24) is 24.5 Å². The van der Waals surface area contributed by atoms with E-state index in [1.807, 2.05) is 11.5 Å². The molecule has 3 aromatic heterocycles. The fourth-order valence-corrected chi connectivity index (χ4v) is 3.03. The Kier molecular flexibility index (Phi) is 4.76. The molecule has 0 radical (unpaired) electrons. The number of hydrogen-bond acceptors (Lipinski definition) is 7.